The Bertz CT molecular complexity index is 296. The zero-order valence-electron chi connectivity index (χ0n) is 10.9. The monoisotopic (exact) mass is 181 g/mol. The Hall–Kier alpha value is -0.330. The molecule has 1 heteroatoms. The molecule has 4 saturated carbocycles. The highest BCUT2D eigenvalue weighted by Gasteiger charge is 2.52. The van der Waals surface area contributed by atoms with Crippen molar-refractivity contribution in [3.05, 3.63) is 0 Å². The lowest BCUT2D eigenvalue weighted by molar-refractivity contribution is -0.141. The van der Waals surface area contributed by atoms with E-state index in [9.17, 15) is 4.79 Å². The Morgan fingerprint density at radius 3 is 2.00 bits per heavy atom. The number of hydrogen-bond donors (Lipinski definition) is 0. The first kappa shape index (κ1) is 5.53. The first-order chi connectivity index (χ1) is 7.39. The Labute approximate surface area is 84.1 Å². The molecule has 0 saturated heterocycles. The fourth-order valence-electron chi connectivity index (χ4n) is 4.39. The van der Waals surface area contributed by atoms with Gasteiger partial charge in [-0.25, -0.2) is 0 Å². The number of carbonyl (C=O) groups excluding carboxylic acids is 1. The molecule has 0 atom stereocenters. The lowest BCUT2D eigenvalue weighted by atomic mass is 9.48. The summed E-state index contributed by atoms with van der Waals surface area (Å²) in [4.78, 5) is 12.2. The average molecular weight is 181 g/mol. The molecule has 0 spiro atoms. The van der Waals surface area contributed by atoms with Crippen LogP contribution in [0.15, 0.2) is 0 Å². The summed E-state index contributed by atoms with van der Waals surface area (Å²) in [5, 5.41) is 0. The van der Waals surface area contributed by atoms with Gasteiger partial charge in [0.05, 0.1) is 0 Å². The molecule has 4 fully saturated rings. The lowest BCUT2D eigenvalue weighted by Gasteiger charge is -2.55. The third-order valence-corrected chi connectivity index (χ3v) is 4.52. The standard InChI is InChI=1S/C12H18O/c1-8(13)12-5-9-2-10(6-12)4-11(3-9)7-12/h9-11H,2-7H2,1H3/i1D3. The fourth-order valence-corrected chi connectivity index (χ4v) is 4.39. The largest absolute Gasteiger partial charge is 0.299 e. The highest BCUT2D eigenvalue weighted by atomic mass is 16.1. The second kappa shape index (κ2) is 2.37. The van der Waals surface area contributed by atoms with E-state index in [0.717, 1.165) is 19.3 Å². The van der Waals surface area contributed by atoms with Crippen LogP contribution in [0.4, 0.5) is 0 Å². The molecule has 0 aliphatic heterocycles. The molecular formula is C12H18O. The van der Waals surface area contributed by atoms with Gasteiger partial charge in [-0.2, -0.15) is 0 Å². The molecule has 4 rings (SSSR count). The number of carbonyl (C=O) groups is 1. The Kier molecular flexibility index (Phi) is 1.01. The second-order valence-corrected chi connectivity index (χ2v) is 5.53. The predicted octanol–water partition coefficient (Wildman–Crippen LogP) is 2.79. The van der Waals surface area contributed by atoms with Crippen LogP contribution < -0.4 is 0 Å². The summed E-state index contributed by atoms with van der Waals surface area (Å²) < 4.78 is 22.1. The van der Waals surface area contributed by atoms with Crippen molar-refractivity contribution in [3.8, 4) is 0 Å². The van der Waals surface area contributed by atoms with E-state index in [2.05, 4.69) is 0 Å². The molecule has 0 aromatic heterocycles. The molecule has 0 aromatic carbocycles. The van der Waals surface area contributed by atoms with E-state index in [1.54, 1.807) is 0 Å². The Morgan fingerprint density at radius 1 is 1.15 bits per heavy atom. The van der Waals surface area contributed by atoms with E-state index in [-0.39, 0.29) is 0 Å². The van der Waals surface area contributed by atoms with Crippen molar-refractivity contribution in [2.75, 3.05) is 0 Å². The van der Waals surface area contributed by atoms with Crippen LogP contribution in [0.3, 0.4) is 0 Å². The van der Waals surface area contributed by atoms with Crippen LogP contribution in [0.25, 0.3) is 0 Å². The Morgan fingerprint density at radius 2 is 1.62 bits per heavy atom. The van der Waals surface area contributed by atoms with E-state index < -0.39 is 18.1 Å². The van der Waals surface area contributed by atoms with Crippen LogP contribution in [0.2, 0.25) is 0 Å². The second-order valence-electron chi connectivity index (χ2n) is 5.53. The van der Waals surface area contributed by atoms with Gasteiger partial charge < -0.3 is 0 Å². The molecule has 0 heterocycles. The molecule has 4 aliphatic rings. The van der Waals surface area contributed by atoms with Crippen LogP contribution in [-0.4, -0.2) is 5.78 Å². The quantitative estimate of drug-likeness (QED) is 0.608. The van der Waals surface area contributed by atoms with Gasteiger partial charge >= 0.3 is 0 Å². The SMILES string of the molecule is [2H]C([2H])([2H])C(=O)C12CC3CC(CC(C3)C1)C2. The van der Waals surface area contributed by atoms with Gasteiger partial charge in [-0.3, -0.25) is 4.79 Å². The van der Waals surface area contributed by atoms with Crippen molar-refractivity contribution >= 4 is 5.78 Å². The molecule has 72 valence electrons. The predicted molar refractivity (Wildman–Crippen MR) is 51.3 cm³/mol. The first-order valence-electron chi connectivity index (χ1n) is 6.94. The van der Waals surface area contributed by atoms with Crippen molar-refractivity contribution in [3.63, 3.8) is 0 Å². The molecule has 0 radical (unpaired) electrons. The average Bonchev–Trinajstić information content (AvgIpc) is 2.12. The van der Waals surface area contributed by atoms with Crippen LogP contribution in [0, 0.1) is 23.2 Å². The first-order valence-corrected chi connectivity index (χ1v) is 5.44. The molecule has 1 nitrogen and oxygen atoms in total. The van der Waals surface area contributed by atoms with Crippen molar-refractivity contribution in [1.29, 1.82) is 0 Å². The molecule has 0 N–H and O–H groups in total. The van der Waals surface area contributed by atoms with Gasteiger partial charge in [-0.1, -0.05) is 0 Å². The van der Waals surface area contributed by atoms with Gasteiger partial charge in [0.2, 0.25) is 0 Å². The summed E-state index contributed by atoms with van der Waals surface area (Å²) in [6, 6.07) is 0. The fraction of sp³-hybridized carbons (Fsp3) is 0.917. The summed E-state index contributed by atoms with van der Waals surface area (Å²) in [5.74, 6) is 1.48. The van der Waals surface area contributed by atoms with E-state index in [1.807, 2.05) is 0 Å². The summed E-state index contributed by atoms with van der Waals surface area (Å²) in [6.07, 6.45) is 6.30. The van der Waals surface area contributed by atoms with Gasteiger partial charge in [0, 0.05) is 9.53 Å². The molecule has 13 heavy (non-hydrogen) atoms. The molecule has 0 amide bonds. The molecular weight excluding hydrogens is 160 g/mol. The van der Waals surface area contributed by atoms with Gasteiger partial charge in [0.15, 0.2) is 0 Å². The highest BCUT2D eigenvalue weighted by Crippen LogP contribution is 2.60. The summed E-state index contributed by atoms with van der Waals surface area (Å²) >= 11 is 0. The normalized spacial score (nSPS) is 56.9. The van der Waals surface area contributed by atoms with E-state index in [0.29, 0.717) is 17.8 Å². The van der Waals surface area contributed by atoms with Crippen molar-refractivity contribution in [2.24, 2.45) is 23.2 Å². The maximum Gasteiger partial charge on any atom is 0.135 e. The molecule has 0 aromatic rings. The van der Waals surface area contributed by atoms with Gasteiger partial charge in [-0.05, 0) is 63.1 Å². The van der Waals surface area contributed by atoms with Crippen molar-refractivity contribution < 1.29 is 8.91 Å². The number of ketones is 1. The number of Topliss-reactive ketones (excluding diaryl/α,β-unsaturated/α-hetero) is 1. The molecule has 4 bridgehead atoms. The molecule has 4 aliphatic carbocycles. The van der Waals surface area contributed by atoms with Crippen LogP contribution in [0.1, 0.15) is 49.5 Å². The minimum atomic E-state index is -2.38. The maximum absolute atomic E-state index is 12.2. The van der Waals surface area contributed by atoms with Crippen molar-refractivity contribution in [1.82, 2.24) is 0 Å². The van der Waals surface area contributed by atoms with Gasteiger partial charge in [0.1, 0.15) is 5.78 Å². The Balaban J connectivity index is 1.91. The van der Waals surface area contributed by atoms with Gasteiger partial charge in [0.25, 0.3) is 0 Å². The third-order valence-electron chi connectivity index (χ3n) is 4.52. The number of rotatable bonds is 1. The smallest absolute Gasteiger partial charge is 0.135 e. The maximum atomic E-state index is 12.2. The zero-order valence-corrected chi connectivity index (χ0v) is 7.88. The zero-order chi connectivity index (χ0) is 11.6. The van der Waals surface area contributed by atoms with E-state index in [4.69, 9.17) is 4.11 Å². The minimum absolute atomic E-state index is 0.431. The van der Waals surface area contributed by atoms with Crippen LogP contribution in [0.5, 0.6) is 0 Å². The van der Waals surface area contributed by atoms with Crippen LogP contribution in [-0.2, 0) is 4.79 Å². The topological polar surface area (TPSA) is 17.1 Å². The highest BCUT2D eigenvalue weighted by molar-refractivity contribution is 5.82. The summed E-state index contributed by atoms with van der Waals surface area (Å²) in [7, 11) is 0. The number of hydrogen-bond acceptors (Lipinski definition) is 1. The van der Waals surface area contributed by atoms with Crippen molar-refractivity contribution in [2.45, 2.75) is 45.4 Å². The van der Waals surface area contributed by atoms with Gasteiger partial charge in [-0.15, -0.1) is 0 Å². The minimum Gasteiger partial charge on any atom is -0.299 e. The summed E-state index contributed by atoms with van der Waals surface area (Å²) in [5.41, 5.74) is -0.458. The summed E-state index contributed by atoms with van der Waals surface area (Å²) in [6.45, 7) is -2.38. The molecule has 0 unspecified atom stereocenters. The van der Waals surface area contributed by atoms with E-state index >= 15 is 0 Å². The van der Waals surface area contributed by atoms with E-state index in [1.165, 1.54) is 19.3 Å². The van der Waals surface area contributed by atoms with Crippen LogP contribution >= 0.6 is 0 Å². The lowest BCUT2D eigenvalue weighted by Crippen LogP contribution is -2.49. The third kappa shape index (κ3) is 1.02.